The summed E-state index contributed by atoms with van der Waals surface area (Å²) in [6.45, 7) is 0.253. The van der Waals surface area contributed by atoms with Gasteiger partial charge in [0.25, 0.3) is 10.0 Å². The van der Waals surface area contributed by atoms with E-state index < -0.39 is 15.9 Å². The van der Waals surface area contributed by atoms with Gasteiger partial charge in [0.1, 0.15) is 4.21 Å². The van der Waals surface area contributed by atoms with Gasteiger partial charge >= 0.3 is 0 Å². The van der Waals surface area contributed by atoms with Crippen molar-refractivity contribution in [2.75, 3.05) is 17.2 Å². The first-order chi connectivity index (χ1) is 13.4. The molecule has 0 bridgehead atoms. The van der Waals surface area contributed by atoms with E-state index in [0.29, 0.717) is 17.3 Å². The molecular weight excluding hydrogens is 418 g/mol. The second-order valence-electron chi connectivity index (χ2n) is 5.84. The van der Waals surface area contributed by atoms with Gasteiger partial charge in [-0.15, -0.1) is 11.3 Å². The second-order valence-corrected chi connectivity index (χ2v) is 9.19. The highest BCUT2D eigenvalue weighted by atomic mass is 35.5. The van der Waals surface area contributed by atoms with Crippen LogP contribution in [0.5, 0.6) is 0 Å². The van der Waals surface area contributed by atoms with Gasteiger partial charge in [-0.25, -0.2) is 13.1 Å². The third-order valence-electron chi connectivity index (χ3n) is 3.76. The summed E-state index contributed by atoms with van der Waals surface area (Å²) in [6.07, 6.45) is 0. The zero-order valence-corrected chi connectivity index (χ0v) is 17.1. The van der Waals surface area contributed by atoms with Crippen LogP contribution in [0.4, 0.5) is 11.4 Å². The van der Waals surface area contributed by atoms with Gasteiger partial charge in [0.15, 0.2) is 0 Å². The number of anilines is 2. The average Bonchev–Trinajstić information content (AvgIpc) is 3.23. The molecule has 0 fully saturated rings. The molecule has 28 heavy (non-hydrogen) atoms. The number of carbonyl (C=O) groups excluding carboxylic acids is 1. The van der Waals surface area contributed by atoms with E-state index in [-0.39, 0.29) is 10.8 Å². The van der Waals surface area contributed by atoms with Gasteiger partial charge in [0.2, 0.25) is 5.91 Å². The van der Waals surface area contributed by atoms with Crippen molar-refractivity contribution in [3.05, 3.63) is 76.6 Å². The van der Waals surface area contributed by atoms with Crippen molar-refractivity contribution < 1.29 is 13.2 Å². The Bertz CT molecular complexity index is 1040. The van der Waals surface area contributed by atoms with Gasteiger partial charge in [-0.05, 0) is 35.2 Å². The number of rotatable bonds is 8. The molecule has 2 aromatic carbocycles. The quantitative estimate of drug-likeness (QED) is 0.500. The van der Waals surface area contributed by atoms with Crippen molar-refractivity contribution in [2.45, 2.75) is 10.8 Å². The Morgan fingerprint density at radius 2 is 1.82 bits per heavy atom. The summed E-state index contributed by atoms with van der Waals surface area (Å²) >= 11 is 7.36. The number of sulfonamides is 1. The number of hydrogen-bond donors (Lipinski definition) is 3. The zero-order valence-electron chi connectivity index (χ0n) is 14.7. The molecule has 0 spiro atoms. The van der Waals surface area contributed by atoms with E-state index in [1.54, 1.807) is 29.6 Å². The maximum atomic E-state index is 12.0. The molecular formula is C19H18ClN3O3S2. The minimum absolute atomic E-state index is 0.164. The van der Waals surface area contributed by atoms with Crippen molar-refractivity contribution in [3.8, 4) is 0 Å². The Labute approximate surface area is 172 Å². The van der Waals surface area contributed by atoms with E-state index in [9.17, 15) is 13.2 Å². The first-order valence-electron chi connectivity index (χ1n) is 8.34. The molecule has 3 rings (SSSR count). The topological polar surface area (TPSA) is 87.3 Å². The van der Waals surface area contributed by atoms with E-state index >= 15 is 0 Å². The number of carbonyl (C=O) groups is 1. The van der Waals surface area contributed by atoms with Crippen molar-refractivity contribution in [2.24, 2.45) is 0 Å². The molecule has 0 atom stereocenters. The summed E-state index contributed by atoms with van der Waals surface area (Å²) in [5.74, 6) is -0.485. The maximum absolute atomic E-state index is 12.0. The fraction of sp³-hybridized carbons (Fsp3) is 0.105. The zero-order chi connectivity index (χ0) is 20.0. The molecule has 6 nitrogen and oxygen atoms in total. The van der Waals surface area contributed by atoms with Crippen LogP contribution in [0.2, 0.25) is 5.02 Å². The third-order valence-corrected chi connectivity index (χ3v) is 6.87. The minimum Gasteiger partial charge on any atom is -0.380 e. The Kier molecular flexibility index (Phi) is 6.69. The standard InChI is InChI=1S/C19H18ClN3O3S2/c20-16-11-15(8-9-17(16)21-12-14-5-2-1-3-6-14)23-18(24)13-22-28(25,26)19-7-4-10-27-19/h1-11,21-22H,12-13H2,(H,23,24). The molecule has 0 saturated carbocycles. The summed E-state index contributed by atoms with van der Waals surface area (Å²) in [4.78, 5) is 12.0. The van der Waals surface area contributed by atoms with Crippen molar-refractivity contribution >= 4 is 50.2 Å². The van der Waals surface area contributed by atoms with Crippen LogP contribution in [0, 0.1) is 0 Å². The number of hydrogen-bond acceptors (Lipinski definition) is 5. The van der Waals surface area contributed by atoms with Crippen LogP contribution in [0.3, 0.4) is 0 Å². The van der Waals surface area contributed by atoms with Gasteiger partial charge in [-0.1, -0.05) is 48.0 Å². The van der Waals surface area contributed by atoms with Crippen LogP contribution in [0.1, 0.15) is 5.56 Å². The Morgan fingerprint density at radius 1 is 1.04 bits per heavy atom. The summed E-state index contributed by atoms with van der Waals surface area (Å²) in [5.41, 5.74) is 2.34. The highest BCUT2D eigenvalue weighted by Gasteiger charge is 2.16. The predicted molar refractivity (Wildman–Crippen MR) is 113 cm³/mol. The lowest BCUT2D eigenvalue weighted by Gasteiger charge is -2.11. The summed E-state index contributed by atoms with van der Waals surface area (Å²) in [6, 6.07) is 18.1. The molecule has 0 aliphatic heterocycles. The maximum Gasteiger partial charge on any atom is 0.250 e. The fourth-order valence-corrected chi connectivity index (χ4v) is 4.65. The van der Waals surface area contributed by atoms with Gasteiger partial charge in [0, 0.05) is 12.2 Å². The number of nitrogens with one attached hydrogen (secondary N) is 3. The number of benzene rings is 2. The van der Waals surface area contributed by atoms with Crippen LogP contribution >= 0.6 is 22.9 Å². The van der Waals surface area contributed by atoms with E-state index in [1.807, 2.05) is 30.3 Å². The molecule has 1 heterocycles. The van der Waals surface area contributed by atoms with Crippen LogP contribution < -0.4 is 15.4 Å². The Balaban J connectivity index is 1.54. The minimum atomic E-state index is -3.68. The fourth-order valence-electron chi connectivity index (χ4n) is 2.38. The Hall–Kier alpha value is -2.39. The van der Waals surface area contributed by atoms with Crippen molar-refractivity contribution in [1.82, 2.24) is 4.72 Å². The lowest BCUT2D eigenvalue weighted by atomic mass is 10.2. The highest BCUT2D eigenvalue weighted by Crippen LogP contribution is 2.26. The summed E-state index contributed by atoms with van der Waals surface area (Å²) in [5, 5.41) is 7.97. The second kappa shape index (κ2) is 9.20. The molecule has 9 heteroatoms. The number of halogens is 1. The van der Waals surface area contributed by atoms with Gasteiger partial charge in [0.05, 0.1) is 17.3 Å². The molecule has 0 radical (unpaired) electrons. The monoisotopic (exact) mass is 435 g/mol. The van der Waals surface area contributed by atoms with Crippen molar-refractivity contribution in [3.63, 3.8) is 0 Å². The lowest BCUT2D eigenvalue weighted by molar-refractivity contribution is -0.115. The molecule has 0 aliphatic rings. The first kappa shape index (κ1) is 20.3. The van der Waals surface area contributed by atoms with Crippen LogP contribution in [0.15, 0.2) is 70.3 Å². The smallest absolute Gasteiger partial charge is 0.250 e. The molecule has 1 aromatic heterocycles. The largest absolute Gasteiger partial charge is 0.380 e. The SMILES string of the molecule is O=C(CNS(=O)(=O)c1cccs1)Nc1ccc(NCc2ccccc2)c(Cl)c1. The lowest BCUT2D eigenvalue weighted by Crippen LogP contribution is -2.32. The van der Waals surface area contributed by atoms with Gasteiger partial charge in [-0.2, -0.15) is 0 Å². The first-order valence-corrected chi connectivity index (χ1v) is 11.1. The van der Waals surface area contributed by atoms with Crippen molar-refractivity contribution in [1.29, 1.82) is 0 Å². The van der Waals surface area contributed by atoms with E-state index in [1.165, 1.54) is 6.07 Å². The molecule has 0 saturated heterocycles. The Morgan fingerprint density at radius 3 is 2.50 bits per heavy atom. The normalized spacial score (nSPS) is 11.2. The van der Waals surface area contributed by atoms with E-state index in [2.05, 4.69) is 15.4 Å². The van der Waals surface area contributed by atoms with Gasteiger partial charge < -0.3 is 10.6 Å². The van der Waals surface area contributed by atoms with E-state index in [4.69, 9.17) is 11.6 Å². The molecule has 3 aromatic rings. The summed E-state index contributed by atoms with van der Waals surface area (Å²) in [7, 11) is -3.68. The average molecular weight is 436 g/mol. The molecule has 0 unspecified atom stereocenters. The molecule has 146 valence electrons. The number of amides is 1. The molecule has 3 N–H and O–H groups in total. The molecule has 0 aliphatic carbocycles. The van der Waals surface area contributed by atoms with Crippen LogP contribution in [-0.4, -0.2) is 20.9 Å². The third kappa shape index (κ3) is 5.56. The van der Waals surface area contributed by atoms with E-state index in [0.717, 1.165) is 22.6 Å². The van der Waals surface area contributed by atoms with Crippen LogP contribution in [0.25, 0.3) is 0 Å². The molecule has 1 amide bonds. The predicted octanol–water partition coefficient (Wildman–Crippen LogP) is 3.93. The highest BCUT2D eigenvalue weighted by molar-refractivity contribution is 7.91. The number of thiophene rings is 1. The summed E-state index contributed by atoms with van der Waals surface area (Å²) < 4.78 is 26.5. The van der Waals surface area contributed by atoms with Gasteiger partial charge in [-0.3, -0.25) is 4.79 Å². The van der Waals surface area contributed by atoms with Crippen LogP contribution in [-0.2, 0) is 21.4 Å².